The number of benzene rings is 1. The van der Waals surface area contributed by atoms with Gasteiger partial charge in [0.15, 0.2) is 0 Å². The number of amides is 1. The van der Waals surface area contributed by atoms with Crippen molar-refractivity contribution in [2.75, 3.05) is 17.2 Å². The lowest BCUT2D eigenvalue weighted by molar-refractivity contribution is 0.0935. The molecule has 0 bridgehead atoms. The first-order valence-corrected chi connectivity index (χ1v) is 7.79. The predicted octanol–water partition coefficient (Wildman–Crippen LogP) is 0.281. The van der Waals surface area contributed by atoms with Crippen LogP contribution in [0.5, 0.6) is 5.75 Å². The quantitative estimate of drug-likeness (QED) is 0.534. The van der Waals surface area contributed by atoms with Gasteiger partial charge in [-0.3, -0.25) is 4.79 Å². The van der Waals surface area contributed by atoms with Crippen molar-refractivity contribution in [3.8, 4) is 5.75 Å². The average Bonchev–Trinajstić information content (AvgIpc) is 2.35. The normalized spacial score (nSPS) is 18.9. The highest BCUT2D eigenvalue weighted by Gasteiger charge is 2.25. The van der Waals surface area contributed by atoms with Gasteiger partial charge in [-0.2, -0.15) is 0 Å². The molecular weight excluding hydrogens is 268 g/mol. The molecule has 0 saturated carbocycles. The number of nitrogens with one attached hydrogen (secondary N) is 1. The molecule has 0 spiro atoms. The van der Waals surface area contributed by atoms with Gasteiger partial charge >= 0.3 is 0 Å². The van der Waals surface area contributed by atoms with Gasteiger partial charge in [0.1, 0.15) is 15.6 Å². The van der Waals surface area contributed by atoms with Gasteiger partial charge in [-0.15, -0.1) is 0 Å². The van der Waals surface area contributed by atoms with Crippen LogP contribution >= 0.6 is 0 Å². The molecule has 1 saturated heterocycles. The van der Waals surface area contributed by atoms with Crippen LogP contribution in [0.2, 0.25) is 0 Å². The summed E-state index contributed by atoms with van der Waals surface area (Å²) in [5, 5.41) is 12.1. The Balaban J connectivity index is 2.04. The molecule has 1 fully saturated rings. The number of carbonyl (C=O) groups excluding carboxylic acids is 1. The predicted molar refractivity (Wildman–Crippen MR) is 71.7 cm³/mol. The zero-order chi connectivity index (χ0) is 14.0. The Hall–Kier alpha value is -1.76. The van der Waals surface area contributed by atoms with Crippen LogP contribution in [0.25, 0.3) is 0 Å². The van der Waals surface area contributed by atoms with Crippen molar-refractivity contribution in [1.29, 1.82) is 0 Å². The lowest BCUT2D eigenvalue weighted by atomic mass is 10.1. The van der Waals surface area contributed by atoms with Gasteiger partial charge in [-0.25, -0.2) is 8.42 Å². The fourth-order valence-electron chi connectivity index (χ4n) is 2.04. The highest BCUT2D eigenvalue weighted by atomic mass is 32.2. The lowest BCUT2D eigenvalue weighted by Crippen LogP contribution is -2.41. The Labute approximate surface area is 111 Å². The third kappa shape index (κ3) is 3.37. The van der Waals surface area contributed by atoms with Gasteiger partial charge in [-0.05, 0) is 31.0 Å². The van der Waals surface area contributed by atoms with Gasteiger partial charge < -0.3 is 16.2 Å². The minimum absolute atomic E-state index is 0.0365. The molecule has 1 amide bonds. The summed E-state index contributed by atoms with van der Waals surface area (Å²) in [7, 11) is -2.95. The molecule has 0 aromatic heterocycles. The van der Waals surface area contributed by atoms with Crippen LogP contribution < -0.4 is 11.1 Å². The summed E-state index contributed by atoms with van der Waals surface area (Å²) in [5.41, 5.74) is 6.15. The largest absolute Gasteiger partial charge is 0.508 e. The van der Waals surface area contributed by atoms with E-state index in [4.69, 9.17) is 5.73 Å². The van der Waals surface area contributed by atoms with Crippen molar-refractivity contribution >= 4 is 21.4 Å². The number of nitrogens with two attached hydrogens (primary N) is 1. The molecular formula is C12H16N2O4S. The molecule has 0 radical (unpaired) electrons. The van der Waals surface area contributed by atoms with E-state index < -0.39 is 15.7 Å². The molecule has 1 aromatic rings. The van der Waals surface area contributed by atoms with E-state index in [2.05, 4.69) is 5.32 Å². The molecule has 0 unspecified atom stereocenters. The molecule has 104 valence electrons. The molecule has 0 atom stereocenters. The Bertz CT molecular complexity index is 584. The second-order valence-electron chi connectivity index (χ2n) is 4.67. The van der Waals surface area contributed by atoms with E-state index in [9.17, 15) is 18.3 Å². The number of aromatic hydroxyl groups is 1. The number of phenols is 1. The SMILES string of the molecule is Nc1ccc(O)cc1C(=O)NC1CCS(=O)(=O)CC1. The summed E-state index contributed by atoms with van der Waals surface area (Å²) < 4.78 is 22.6. The molecule has 1 aliphatic rings. The molecule has 0 aliphatic carbocycles. The summed E-state index contributed by atoms with van der Waals surface area (Å²) in [6.45, 7) is 0. The number of hydrogen-bond acceptors (Lipinski definition) is 5. The first-order chi connectivity index (χ1) is 8.87. The van der Waals surface area contributed by atoms with Crippen molar-refractivity contribution < 1.29 is 18.3 Å². The molecule has 1 aliphatic heterocycles. The minimum Gasteiger partial charge on any atom is -0.508 e. The monoisotopic (exact) mass is 284 g/mol. The summed E-state index contributed by atoms with van der Waals surface area (Å²) >= 11 is 0. The Morgan fingerprint density at radius 3 is 2.58 bits per heavy atom. The number of rotatable bonds is 2. The smallest absolute Gasteiger partial charge is 0.253 e. The van der Waals surface area contributed by atoms with Crippen LogP contribution in [0, 0.1) is 0 Å². The number of sulfone groups is 1. The molecule has 7 heteroatoms. The number of anilines is 1. The molecule has 2 rings (SSSR count). The maximum absolute atomic E-state index is 12.0. The van der Waals surface area contributed by atoms with Gasteiger partial charge in [0.2, 0.25) is 0 Å². The molecule has 4 N–H and O–H groups in total. The summed E-state index contributed by atoms with van der Waals surface area (Å²) in [4.78, 5) is 12.0. The average molecular weight is 284 g/mol. The number of hydrogen-bond donors (Lipinski definition) is 3. The van der Waals surface area contributed by atoms with Gasteiger partial charge in [0.25, 0.3) is 5.91 Å². The Morgan fingerprint density at radius 1 is 1.32 bits per heavy atom. The van der Waals surface area contributed by atoms with Crippen molar-refractivity contribution in [2.24, 2.45) is 0 Å². The molecule has 6 nitrogen and oxygen atoms in total. The standard InChI is InChI=1S/C12H16N2O4S/c13-11-2-1-9(15)7-10(11)12(16)14-8-3-5-19(17,18)6-4-8/h1-2,7-8,15H,3-6,13H2,(H,14,16). The first kappa shape index (κ1) is 13.7. The molecule has 1 heterocycles. The lowest BCUT2D eigenvalue weighted by Gasteiger charge is -2.23. The number of carbonyl (C=O) groups is 1. The highest BCUT2D eigenvalue weighted by molar-refractivity contribution is 7.91. The van der Waals surface area contributed by atoms with Crippen LogP contribution in [0.3, 0.4) is 0 Å². The molecule has 19 heavy (non-hydrogen) atoms. The van der Waals surface area contributed by atoms with E-state index in [1.165, 1.54) is 18.2 Å². The highest BCUT2D eigenvalue weighted by Crippen LogP contribution is 2.19. The van der Waals surface area contributed by atoms with E-state index in [0.717, 1.165) is 0 Å². The maximum Gasteiger partial charge on any atom is 0.253 e. The zero-order valence-corrected chi connectivity index (χ0v) is 11.1. The van der Waals surface area contributed by atoms with Crippen LogP contribution in [-0.4, -0.2) is 37.0 Å². The Morgan fingerprint density at radius 2 is 1.95 bits per heavy atom. The zero-order valence-electron chi connectivity index (χ0n) is 10.3. The van der Waals surface area contributed by atoms with Gasteiger partial charge in [0.05, 0.1) is 17.1 Å². The van der Waals surface area contributed by atoms with Gasteiger partial charge in [-0.1, -0.05) is 0 Å². The Kier molecular flexibility index (Phi) is 3.66. The van der Waals surface area contributed by atoms with Crippen molar-refractivity contribution in [1.82, 2.24) is 5.32 Å². The van der Waals surface area contributed by atoms with E-state index in [1.54, 1.807) is 0 Å². The van der Waals surface area contributed by atoms with Crippen molar-refractivity contribution in [3.63, 3.8) is 0 Å². The van der Waals surface area contributed by atoms with Crippen LogP contribution in [-0.2, 0) is 9.84 Å². The van der Waals surface area contributed by atoms with Crippen molar-refractivity contribution in [3.05, 3.63) is 23.8 Å². The van der Waals surface area contributed by atoms with Crippen LogP contribution in [0.1, 0.15) is 23.2 Å². The second-order valence-corrected chi connectivity index (χ2v) is 6.97. The van der Waals surface area contributed by atoms with Gasteiger partial charge in [0, 0.05) is 11.7 Å². The van der Waals surface area contributed by atoms with E-state index >= 15 is 0 Å². The topological polar surface area (TPSA) is 109 Å². The third-order valence-electron chi connectivity index (χ3n) is 3.17. The van der Waals surface area contributed by atoms with E-state index in [-0.39, 0.29) is 34.5 Å². The van der Waals surface area contributed by atoms with Crippen LogP contribution in [0.4, 0.5) is 5.69 Å². The summed E-state index contributed by atoms with van der Waals surface area (Å²) in [6, 6.07) is 3.98. The fourth-order valence-corrected chi connectivity index (χ4v) is 3.53. The summed E-state index contributed by atoms with van der Waals surface area (Å²) in [5.74, 6) is -0.246. The maximum atomic E-state index is 12.0. The van der Waals surface area contributed by atoms with E-state index in [1.807, 2.05) is 0 Å². The minimum atomic E-state index is -2.95. The third-order valence-corrected chi connectivity index (χ3v) is 4.89. The van der Waals surface area contributed by atoms with Crippen LogP contribution in [0.15, 0.2) is 18.2 Å². The molecule has 1 aromatic carbocycles. The fraction of sp³-hybridized carbons (Fsp3) is 0.417. The van der Waals surface area contributed by atoms with E-state index in [0.29, 0.717) is 12.8 Å². The van der Waals surface area contributed by atoms with Crippen molar-refractivity contribution in [2.45, 2.75) is 18.9 Å². The first-order valence-electron chi connectivity index (χ1n) is 5.97. The second kappa shape index (κ2) is 5.08. The summed E-state index contributed by atoms with van der Waals surface area (Å²) in [6.07, 6.45) is 0.819. The number of phenolic OH excluding ortho intramolecular Hbond substituents is 1. The number of nitrogen functional groups attached to an aromatic ring is 1.